The second kappa shape index (κ2) is 8.50. The first-order chi connectivity index (χ1) is 14.5. The van der Waals surface area contributed by atoms with Gasteiger partial charge >= 0.3 is 6.03 Å². The van der Waals surface area contributed by atoms with Crippen LogP contribution in [0.5, 0.6) is 0 Å². The third-order valence-corrected chi connectivity index (χ3v) is 5.73. The Morgan fingerprint density at radius 2 is 1.87 bits per heavy atom. The molecule has 14 heteroatoms. The van der Waals surface area contributed by atoms with Crippen molar-refractivity contribution in [2.45, 2.75) is 55.5 Å². The van der Waals surface area contributed by atoms with Crippen LogP contribution in [0.3, 0.4) is 0 Å². The molecule has 0 aromatic carbocycles. The molecule has 0 aromatic rings. The number of ether oxygens (including phenoxy) is 2. The van der Waals surface area contributed by atoms with Gasteiger partial charge in [-0.05, 0) is 6.92 Å². The summed E-state index contributed by atoms with van der Waals surface area (Å²) in [6.07, 6.45) is -8.19. The number of amides is 3. The smallest absolute Gasteiger partial charge is 0.394 e. The lowest BCUT2D eigenvalue weighted by Crippen LogP contribution is -2.73. The molecule has 2 saturated heterocycles. The number of quaternary nitrogens is 1. The Morgan fingerprint density at radius 1 is 1.23 bits per heavy atom. The molecule has 0 saturated carbocycles. The number of nitrogens with two attached hydrogens (primary N) is 1. The summed E-state index contributed by atoms with van der Waals surface area (Å²) in [5.74, 6) is -0.804. The van der Waals surface area contributed by atoms with E-state index in [0.717, 1.165) is 6.20 Å². The van der Waals surface area contributed by atoms with E-state index in [4.69, 9.17) is 15.2 Å². The predicted molar refractivity (Wildman–Crippen MR) is 99.6 cm³/mol. The standard InChI is InChI=1S/C17H26N4O10/c1-17(29)13(27)8(6-23)31-15(17)21(14-12(26)11(25)7(5-22)30-14)3-2-10(20-16(21)28)19-4-9(18)24/h2-3,7-8,11-15,22-23,25-27,29H,4-6H2,1H3,(H2-,18,19,20,24,28)/p+1/t7-,8-,11-,12-,13-,14-,15-,17-,21?/m1/s1. The van der Waals surface area contributed by atoms with Gasteiger partial charge in [-0.25, -0.2) is 4.79 Å². The minimum Gasteiger partial charge on any atom is -0.394 e. The van der Waals surface area contributed by atoms with Gasteiger partial charge in [0, 0.05) is 6.08 Å². The molecule has 14 nitrogen and oxygen atoms in total. The van der Waals surface area contributed by atoms with Crippen molar-refractivity contribution in [3.05, 3.63) is 12.3 Å². The maximum Gasteiger partial charge on any atom is 0.431 e. The third kappa shape index (κ3) is 3.75. The fourth-order valence-electron chi connectivity index (χ4n) is 4.09. The molecule has 3 amide bonds. The Labute approximate surface area is 176 Å². The fraction of sp³-hybridized carbons (Fsp3) is 0.706. The summed E-state index contributed by atoms with van der Waals surface area (Å²) in [4.78, 5) is 28.1. The Kier molecular flexibility index (Phi) is 6.48. The molecule has 174 valence electrons. The van der Waals surface area contributed by atoms with E-state index in [1.807, 2.05) is 0 Å². The minimum absolute atomic E-state index is 0.0545. The van der Waals surface area contributed by atoms with Gasteiger partial charge in [0.25, 0.3) is 0 Å². The average molecular weight is 447 g/mol. The number of carbonyl (C=O) groups excluding carboxylic acids is 2. The Hall–Kier alpha value is -2.01. The van der Waals surface area contributed by atoms with Crippen LogP contribution in [0.4, 0.5) is 4.79 Å². The van der Waals surface area contributed by atoms with Crippen LogP contribution in [-0.4, -0.2) is 121 Å². The number of urea groups is 1. The number of amidine groups is 1. The van der Waals surface area contributed by atoms with Crippen LogP contribution in [0, 0.1) is 0 Å². The van der Waals surface area contributed by atoms with Crippen molar-refractivity contribution in [2.75, 3.05) is 19.8 Å². The lowest BCUT2D eigenvalue weighted by atomic mass is 9.94. The van der Waals surface area contributed by atoms with Crippen molar-refractivity contribution in [1.82, 2.24) is 5.32 Å². The number of aliphatic hydroxyl groups is 6. The monoisotopic (exact) mass is 447 g/mol. The highest BCUT2D eigenvalue weighted by molar-refractivity contribution is 6.04. The number of nitrogens with zero attached hydrogens (tertiary/aromatic N) is 2. The third-order valence-electron chi connectivity index (χ3n) is 5.73. The van der Waals surface area contributed by atoms with E-state index in [-0.39, 0.29) is 5.84 Å². The van der Waals surface area contributed by atoms with Crippen LogP contribution in [0.2, 0.25) is 0 Å². The van der Waals surface area contributed by atoms with Gasteiger partial charge in [-0.1, -0.05) is 0 Å². The van der Waals surface area contributed by atoms with Crippen molar-refractivity contribution in [1.29, 1.82) is 0 Å². The lowest BCUT2D eigenvalue weighted by molar-refractivity contribution is -0.907. The minimum atomic E-state index is -2.12. The van der Waals surface area contributed by atoms with Gasteiger partial charge in [0.15, 0.2) is 11.7 Å². The van der Waals surface area contributed by atoms with Crippen molar-refractivity contribution < 1.29 is 54.2 Å². The van der Waals surface area contributed by atoms with E-state index in [2.05, 4.69) is 10.3 Å². The van der Waals surface area contributed by atoms with Gasteiger partial charge in [-0.2, -0.15) is 4.48 Å². The van der Waals surface area contributed by atoms with Crippen LogP contribution in [0.1, 0.15) is 6.92 Å². The molecule has 0 aliphatic carbocycles. The molecule has 0 radical (unpaired) electrons. The maximum atomic E-state index is 13.3. The van der Waals surface area contributed by atoms with E-state index < -0.39 is 84.8 Å². The predicted octanol–water partition coefficient (Wildman–Crippen LogP) is -4.81. The number of rotatable bonds is 6. The summed E-state index contributed by atoms with van der Waals surface area (Å²) in [5, 5.41) is 63.5. The Bertz CT molecular complexity index is 789. The van der Waals surface area contributed by atoms with Gasteiger partial charge in [0.2, 0.25) is 18.4 Å². The van der Waals surface area contributed by atoms with Gasteiger partial charge in [-0.15, -0.1) is 0 Å². The van der Waals surface area contributed by atoms with Crippen molar-refractivity contribution >= 4 is 17.8 Å². The van der Waals surface area contributed by atoms with E-state index in [1.165, 1.54) is 13.0 Å². The quantitative estimate of drug-likeness (QED) is 0.181. The average Bonchev–Trinajstić information content (AvgIpc) is 3.14. The normalized spacial score (nSPS) is 46.5. The molecule has 31 heavy (non-hydrogen) atoms. The summed E-state index contributed by atoms with van der Waals surface area (Å²) in [6, 6.07) is -0.948. The number of aliphatic imine (C=N–C) groups is 1. The molecule has 0 spiro atoms. The molecule has 0 bridgehead atoms. The fourth-order valence-corrected chi connectivity index (χ4v) is 4.09. The zero-order valence-corrected chi connectivity index (χ0v) is 16.6. The number of primary amides is 1. The molecule has 9 atom stereocenters. The van der Waals surface area contributed by atoms with Gasteiger partial charge in [0.1, 0.15) is 43.0 Å². The van der Waals surface area contributed by atoms with Gasteiger partial charge in [-0.3, -0.25) is 15.1 Å². The molecular weight excluding hydrogens is 420 g/mol. The van der Waals surface area contributed by atoms with Crippen molar-refractivity contribution in [3.63, 3.8) is 0 Å². The highest BCUT2D eigenvalue weighted by atomic mass is 16.6. The Morgan fingerprint density at radius 3 is 2.35 bits per heavy atom. The van der Waals surface area contributed by atoms with E-state index in [0.29, 0.717) is 0 Å². The second-order valence-corrected chi connectivity index (χ2v) is 7.86. The maximum absolute atomic E-state index is 13.3. The first kappa shape index (κ1) is 23.6. The summed E-state index contributed by atoms with van der Waals surface area (Å²) in [5.41, 5.74) is 2.92. The van der Waals surface area contributed by atoms with E-state index >= 15 is 0 Å². The Balaban J connectivity index is 2.10. The number of nitrogens with one attached hydrogen (secondary N) is 1. The molecule has 0 aromatic heterocycles. The van der Waals surface area contributed by atoms with Crippen LogP contribution < -0.4 is 11.1 Å². The molecule has 3 aliphatic heterocycles. The number of hydrogen-bond acceptors (Lipinski definition) is 11. The number of aliphatic hydroxyl groups excluding tert-OH is 5. The highest BCUT2D eigenvalue weighted by Gasteiger charge is 2.70. The van der Waals surface area contributed by atoms with E-state index in [9.17, 15) is 40.2 Å². The first-order valence-electron chi connectivity index (χ1n) is 9.51. The molecule has 3 heterocycles. The van der Waals surface area contributed by atoms with Gasteiger partial charge in [0.05, 0.1) is 13.2 Å². The molecule has 3 rings (SSSR count). The van der Waals surface area contributed by atoms with Crippen LogP contribution in [-0.2, 0) is 14.3 Å². The largest absolute Gasteiger partial charge is 0.431 e. The van der Waals surface area contributed by atoms with Crippen LogP contribution >= 0.6 is 0 Å². The van der Waals surface area contributed by atoms with Gasteiger partial charge < -0.3 is 45.8 Å². The topological polar surface area (TPSA) is 224 Å². The summed E-state index contributed by atoms with van der Waals surface area (Å²) in [6.45, 7) is -0.594. The molecular formula is C17H27N4O10+. The molecule has 2 fully saturated rings. The lowest BCUT2D eigenvalue weighted by Gasteiger charge is -2.45. The van der Waals surface area contributed by atoms with E-state index in [1.54, 1.807) is 0 Å². The zero-order chi connectivity index (χ0) is 23.1. The molecule has 3 aliphatic rings. The first-order valence-corrected chi connectivity index (χ1v) is 9.51. The number of carbonyl (C=O) groups is 2. The van der Waals surface area contributed by atoms with Crippen LogP contribution in [0.15, 0.2) is 17.3 Å². The highest BCUT2D eigenvalue weighted by Crippen LogP contribution is 2.43. The zero-order valence-electron chi connectivity index (χ0n) is 16.6. The van der Waals surface area contributed by atoms with Crippen molar-refractivity contribution in [2.24, 2.45) is 10.7 Å². The summed E-state index contributed by atoms with van der Waals surface area (Å²) < 4.78 is 10.0. The van der Waals surface area contributed by atoms with Crippen molar-refractivity contribution in [3.8, 4) is 0 Å². The molecule has 1 unspecified atom stereocenters. The SMILES string of the molecule is C[C@@]1(O)[C@H](O)[C@@H](CO)O[C@H]1[N+]1([C@@H]2O[C@H](CO)[C@@H](O)[C@H]2O)C=CC(=NCC(N)=O)NC1=O. The molecule has 9 N–H and O–H groups in total. The van der Waals surface area contributed by atoms with Crippen LogP contribution in [0.25, 0.3) is 0 Å². The number of hydrogen-bond donors (Lipinski definition) is 8. The summed E-state index contributed by atoms with van der Waals surface area (Å²) in [7, 11) is 0. The second-order valence-electron chi connectivity index (χ2n) is 7.86. The summed E-state index contributed by atoms with van der Waals surface area (Å²) >= 11 is 0.